The topological polar surface area (TPSA) is 71.1 Å². The Bertz CT molecular complexity index is 981. The molecule has 0 atom stereocenters. The number of rotatable bonds is 7. The first-order valence-electron chi connectivity index (χ1n) is 8.14. The number of nitrogens with zero attached hydrogens (tertiary/aromatic N) is 1. The van der Waals surface area contributed by atoms with E-state index in [1.165, 1.54) is 23.1 Å². The van der Waals surface area contributed by atoms with Gasteiger partial charge >= 0.3 is 0 Å². The molecular formula is C19H15Cl2N3O2S2. The monoisotopic (exact) mass is 451 g/mol. The van der Waals surface area contributed by atoms with Gasteiger partial charge < -0.3 is 5.32 Å². The van der Waals surface area contributed by atoms with Crippen molar-refractivity contribution in [1.82, 2.24) is 4.98 Å². The van der Waals surface area contributed by atoms with Crippen molar-refractivity contribution in [2.24, 2.45) is 0 Å². The molecule has 9 heteroatoms. The van der Waals surface area contributed by atoms with Gasteiger partial charge in [-0.2, -0.15) is 0 Å². The highest BCUT2D eigenvalue weighted by molar-refractivity contribution is 7.99. The van der Waals surface area contributed by atoms with Crippen molar-refractivity contribution in [1.29, 1.82) is 0 Å². The Morgan fingerprint density at radius 1 is 1.11 bits per heavy atom. The molecule has 0 unspecified atom stereocenters. The Morgan fingerprint density at radius 3 is 2.71 bits per heavy atom. The van der Waals surface area contributed by atoms with Crippen LogP contribution in [0.25, 0.3) is 0 Å². The molecule has 0 aliphatic rings. The molecule has 2 N–H and O–H groups in total. The number of benzene rings is 2. The lowest BCUT2D eigenvalue weighted by molar-refractivity contribution is -0.113. The standard InChI is InChI=1S/C19H15Cl2N3O2S2/c20-14-5-4-13(16(21)9-14)10-27-11-17(25)23-15-3-1-2-12(8-15)18(26)24-19-22-6-7-28-19/h1-9H,10-11H2,(H,23,25)(H,22,24,26). The number of hydrogen-bond acceptors (Lipinski definition) is 5. The van der Waals surface area contributed by atoms with Crippen LogP contribution >= 0.6 is 46.3 Å². The van der Waals surface area contributed by atoms with Crippen LogP contribution in [0.3, 0.4) is 0 Å². The highest BCUT2D eigenvalue weighted by Gasteiger charge is 2.10. The van der Waals surface area contributed by atoms with E-state index < -0.39 is 0 Å². The number of amides is 2. The molecule has 3 aromatic rings. The van der Waals surface area contributed by atoms with Crippen LogP contribution in [0.5, 0.6) is 0 Å². The molecule has 28 heavy (non-hydrogen) atoms. The molecule has 0 radical (unpaired) electrons. The van der Waals surface area contributed by atoms with Gasteiger partial charge in [-0.3, -0.25) is 14.9 Å². The summed E-state index contributed by atoms with van der Waals surface area (Å²) in [5.41, 5.74) is 1.92. The van der Waals surface area contributed by atoms with Crippen molar-refractivity contribution in [3.8, 4) is 0 Å². The van der Waals surface area contributed by atoms with Crippen LogP contribution in [0.2, 0.25) is 10.0 Å². The first-order chi connectivity index (χ1) is 13.5. The lowest BCUT2D eigenvalue weighted by atomic mass is 10.2. The number of thioether (sulfide) groups is 1. The maximum Gasteiger partial charge on any atom is 0.257 e. The maximum absolute atomic E-state index is 12.3. The fourth-order valence-corrected chi connectivity index (χ4v) is 4.19. The van der Waals surface area contributed by atoms with Gasteiger partial charge in [0.15, 0.2) is 5.13 Å². The molecule has 3 rings (SSSR count). The Hall–Kier alpha value is -2.06. The van der Waals surface area contributed by atoms with E-state index in [1.54, 1.807) is 48.0 Å². The first-order valence-corrected chi connectivity index (χ1v) is 10.9. The van der Waals surface area contributed by atoms with E-state index in [1.807, 2.05) is 6.07 Å². The Kier molecular flexibility index (Phi) is 7.33. The summed E-state index contributed by atoms with van der Waals surface area (Å²) < 4.78 is 0. The van der Waals surface area contributed by atoms with Crippen molar-refractivity contribution in [2.45, 2.75) is 5.75 Å². The highest BCUT2D eigenvalue weighted by atomic mass is 35.5. The predicted molar refractivity (Wildman–Crippen MR) is 118 cm³/mol. The van der Waals surface area contributed by atoms with Crippen molar-refractivity contribution in [3.63, 3.8) is 0 Å². The second-order valence-corrected chi connectivity index (χ2v) is 8.37. The van der Waals surface area contributed by atoms with Crippen molar-refractivity contribution in [3.05, 3.63) is 75.2 Å². The Morgan fingerprint density at radius 2 is 1.96 bits per heavy atom. The van der Waals surface area contributed by atoms with Gasteiger partial charge in [-0.05, 0) is 35.9 Å². The number of aromatic nitrogens is 1. The van der Waals surface area contributed by atoms with Crippen molar-refractivity contribution in [2.75, 3.05) is 16.4 Å². The lowest BCUT2D eigenvalue weighted by Crippen LogP contribution is -2.16. The van der Waals surface area contributed by atoms with Gasteiger partial charge in [-0.1, -0.05) is 35.3 Å². The number of carbonyl (C=O) groups is 2. The summed E-state index contributed by atoms with van der Waals surface area (Å²) in [5, 5.41) is 8.97. The predicted octanol–water partition coefficient (Wildman–Crippen LogP) is 5.57. The van der Waals surface area contributed by atoms with Crippen LogP contribution in [-0.4, -0.2) is 22.6 Å². The molecule has 0 saturated heterocycles. The summed E-state index contributed by atoms with van der Waals surface area (Å²) in [6, 6.07) is 12.1. The van der Waals surface area contributed by atoms with E-state index in [-0.39, 0.29) is 17.6 Å². The van der Waals surface area contributed by atoms with Gasteiger partial charge in [0.05, 0.1) is 5.75 Å². The van der Waals surface area contributed by atoms with Gasteiger partial charge in [-0.25, -0.2) is 4.98 Å². The highest BCUT2D eigenvalue weighted by Crippen LogP contribution is 2.25. The average Bonchev–Trinajstić information content (AvgIpc) is 3.17. The van der Waals surface area contributed by atoms with E-state index in [9.17, 15) is 9.59 Å². The summed E-state index contributed by atoms with van der Waals surface area (Å²) in [6.45, 7) is 0. The zero-order valence-electron chi connectivity index (χ0n) is 14.4. The SMILES string of the molecule is O=C(CSCc1ccc(Cl)cc1Cl)Nc1cccc(C(=O)Nc2nccs2)c1. The second-order valence-electron chi connectivity index (χ2n) is 5.65. The largest absolute Gasteiger partial charge is 0.325 e. The number of hydrogen-bond donors (Lipinski definition) is 2. The summed E-state index contributed by atoms with van der Waals surface area (Å²) >= 11 is 14.8. The van der Waals surface area contributed by atoms with E-state index >= 15 is 0 Å². The van der Waals surface area contributed by atoms with Gasteiger partial charge in [-0.15, -0.1) is 23.1 Å². The number of nitrogens with one attached hydrogen (secondary N) is 2. The fourth-order valence-electron chi connectivity index (χ4n) is 2.28. The van der Waals surface area contributed by atoms with Crippen LogP contribution in [0.15, 0.2) is 54.0 Å². The molecule has 0 aliphatic carbocycles. The number of thiazole rings is 1. The number of anilines is 2. The van der Waals surface area contributed by atoms with Gasteiger partial charge in [0.25, 0.3) is 5.91 Å². The van der Waals surface area contributed by atoms with E-state index in [2.05, 4.69) is 15.6 Å². The smallest absolute Gasteiger partial charge is 0.257 e. The molecule has 5 nitrogen and oxygen atoms in total. The fraction of sp³-hybridized carbons (Fsp3) is 0.105. The first kappa shape index (κ1) is 20.7. The van der Waals surface area contributed by atoms with E-state index in [0.29, 0.717) is 32.2 Å². The van der Waals surface area contributed by atoms with Gasteiger partial charge in [0.1, 0.15) is 0 Å². The summed E-state index contributed by atoms with van der Waals surface area (Å²) in [5.74, 6) is 0.416. The normalized spacial score (nSPS) is 10.5. The summed E-state index contributed by atoms with van der Waals surface area (Å²) in [4.78, 5) is 28.5. The van der Waals surface area contributed by atoms with Crippen LogP contribution < -0.4 is 10.6 Å². The third-order valence-electron chi connectivity index (χ3n) is 3.57. The molecular weight excluding hydrogens is 437 g/mol. The third-order valence-corrected chi connectivity index (χ3v) is 5.82. The molecule has 0 bridgehead atoms. The second kappa shape index (κ2) is 9.93. The van der Waals surface area contributed by atoms with Crippen LogP contribution in [0, 0.1) is 0 Å². The van der Waals surface area contributed by atoms with Crippen LogP contribution in [-0.2, 0) is 10.5 Å². The van der Waals surface area contributed by atoms with Gasteiger partial charge in [0.2, 0.25) is 5.91 Å². The van der Waals surface area contributed by atoms with Crippen molar-refractivity contribution >= 4 is 68.9 Å². The molecule has 144 valence electrons. The number of halogens is 2. The molecule has 1 aromatic heterocycles. The summed E-state index contributed by atoms with van der Waals surface area (Å²) in [7, 11) is 0. The quantitative estimate of drug-likeness (QED) is 0.492. The average molecular weight is 452 g/mol. The Labute approximate surface area is 180 Å². The van der Waals surface area contributed by atoms with Gasteiger partial charge in [0, 0.05) is 38.6 Å². The minimum Gasteiger partial charge on any atom is -0.325 e. The van der Waals surface area contributed by atoms with E-state index in [4.69, 9.17) is 23.2 Å². The summed E-state index contributed by atoms with van der Waals surface area (Å²) in [6.07, 6.45) is 1.62. The minimum absolute atomic E-state index is 0.160. The zero-order chi connectivity index (χ0) is 19.9. The molecule has 1 heterocycles. The maximum atomic E-state index is 12.3. The third kappa shape index (κ3) is 5.97. The lowest BCUT2D eigenvalue weighted by Gasteiger charge is -2.08. The Balaban J connectivity index is 1.51. The molecule has 0 aliphatic heterocycles. The van der Waals surface area contributed by atoms with Crippen molar-refractivity contribution < 1.29 is 9.59 Å². The molecule has 2 aromatic carbocycles. The minimum atomic E-state index is -0.280. The van der Waals surface area contributed by atoms with E-state index in [0.717, 1.165) is 5.56 Å². The molecule has 2 amide bonds. The molecule has 0 fully saturated rings. The molecule has 0 saturated carbocycles. The zero-order valence-corrected chi connectivity index (χ0v) is 17.6. The number of carbonyl (C=O) groups excluding carboxylic acids is 2. The van der Waals surface area contributed by atoms with Crippen LogP contribution in [0.4, 0.5) is 10.8 Å². The van der Waals surface area contributed by atoms with Crippen LogP contribution in [0.1, 0.15) is 15.9 Å². The molecule has 0 spiro atoms.